The maximum absolute atomic E-state index is 11.2. The summed E-state index contributed by atoms with van der Waals surface area (Å²) in [7, 11) is 0. The molecule has 0 aliphatic rings. The minimum absolute atomic E-state index is 0.0231. The minimum Gasteiger partial charge on any atom is -0.350 e. The van der Waals surface area contributed by atoms with Crippen molar-refractivity contribution in [2.24, 2.45) is 23.2 Å². The minimum atomic E-state index is -0.814. The van der Waals surface area contributed by atoms with Gasteiger partial charge in [-0.15, -0.1) is 0 Å². The van der Waals surface area contributed by atoms with E-state index in [0.717, 1.165) is 10.0 Å². The van der Waals surface area contributed by atoms with Crippen molar-refractivity contribution in [2.75, 3.05) is 13.1 Å². The standard InChI is InChI=1S/C7H16N6O3/c8-6(15)12(10)3-1-5(14)2-4-13(11)7(9)16/h1-4,10-11H2,(H2,8,15)(H2,9,16). The molecule has 16 heavy (non-hydrogen) atoms. The van der Waals surface area contributed by atoms with E-state index in [1.165, 1.54) is 0 Å². The first kappa shape index (κ1) is 14.1. The summed E-state index contributed by atoms with van der Waals surface area (Å²) in [4.78, 5) is 32.2. The Morgan fingerprint density at radius 1 is 0.812 bits per heavy atom. The van der Waals surface area contributed by atoms with E-state index in [2.05, 4.69) is 0 Å². The van der Waals surface area contributed by atoms with Crippen LogP contribution in [-0.2, 0) is 4.79 Å². The molecule has 0 aliphatic carbocycles. The first-order chi connectivity index (χ1) is 7.34. The quantitative estimate of drug-likeness (QED) is 0.232. The van der Waals surface area contributed by atoms with Gasteiger partial charge in [0, 0.05) is 25.9 Å². The maximum Gasteiger partial charge on any atom is 0.328 e. The largest absolute Gasteiger partial charge is 0.350 e. The van der Waals surface area contributed by atoms with E-state index in [-0.39, 0.29) is 31.7 Å². The number of rotatable bonds is 6. The van der Waals surface area contributed by atoms with Crippen molar-refractivity contribution in [3.05, 3.63) is 0 Å². The van der Waals surface area contributed by atoms with Gasteiger partial charge in [-0.25, -0.2) is 21.3 Å². The number of primary amides is 2. The summed E-state index contributed by atoms with van der Waals surface area (Å²) in [5.41, 5.74) is 9.69. The van der Waals surface area contributed by atoms with Crippen LogP contribution in [0.2, 0.25) is 0 Å². The summed E-state index contributed by atoms with van der Waals surface area (Å²) in [5.74, 6) is 10.1. The number of nitrogens with zero attached hydrogens (tertiary/aromatic N) is 2. The van der Waals surface area contributed by atoms with Crippen LogP contribution in [0, 0.1) is 0 Å². The summed E-state index contributed by atoms with van der Waals surface area (Å²) >= 11 is 0. The van der Waals surface area contributed by atoms with E-state index in [0.29, 0.717) is 0 Å². The van der Waals surface area contributed by atoms with Crippen LogP contribution in [-0.4, -0.2) is 41.0 Å². The Bertz CT molecular complexity index is 255. The number of Topliss-reactive ketones (excluding diaryl/α,β-unsaturated/α-hetero) is 1. The van der Waals surface area contributed by atoms with E-state index >= 15 is 0 Å². The van der Waals surface area contributed by atoms with Crippen LogP contribution in [0.25, 0.3) is 0 Å². The fourth-order valence-corrected chi connectivity index (χ4v) is 0.836. The summed E-state index contributed by atoms with van der Waals surface area (Å²) in [6.07, 6.45) is 0.0953. The Morgan fingerprint density at radius 2 is 1.12 bits per heavy atom. The second-order valence-corrected chi connectivity index (χ2v) is 3.10. The Hall–Kier alpha value is -1.87. The molecule has 0 heterocycles. The molecule has 0 aromatic rings. The predicted octanol–water partition coefficient (Wildman–Crippen LogP) is -2.16. The highest BCUT2D eigenvalue weighted by Crippen LogP contribution is 1.93. The third kappa shape index (κ3) is 5.78. The van der Waals surface area contributed by atoms with Crippen molar-refractivity contribution >= 4 is 17.8 Å². The lowest BCUT2D eigenvalue weighted by atomic mass is 10.2. The molecule has 0 unspecified atom stereocenters. The average Bonchev–Trinajstić information content (AvgIpc) is 2.21. The van der Waals surface area contributed by atoms with Gasteiger partial charge in [-0.2, -0.15) is 0 Å². The number of hydrazine groups is 2. The van der Waals surface area contributed by atoms with Crippen LogP contribution in [0.4, 0.5) is 9.59 Å². The monoisotopic (exact) mass is 232 g/mol. The molecule has 0 bridgehead atoms. The highest BCUT2D eigenvalue weighted by atomic mass is 16.2. The lowest BCUT2D eigenvalue weighted by molar-refractivity contribution is -0.119. The molecule has 0 aromatic heterocycles. The summed E-state index contributed by atoms with van der Waals surface area (Å²) < 4.78 is 0. The zero-order valence-corrected chi connectivity index (χ0v) is 8.76. The van der Waals surface area contributed by atoms with Gasteiger partial charge >= 0.3 is 12.1 Å². The Labute approximate surface area is 92.2 Å². The number of nitrogens with two attached hydrogens (primary N) is 4. The summed E-state index contributed by atoms with van der Waals surface area (Å²) in [6.45, 7) is 0.0462. The molecule has 0 fully saturated rings. The highest BCUT2D eigenvalue weighted by molar-refractivity contribution is 5.80. The van der Waals surface area contributed by atoms with Crippen LogP contribution in [0.5, 0.6) is 0 Å². The number of urea groups is 2. The molecule has 8 N–H and O–H groups in total. The lowest BCUT2D eigenvalue weighted by Gasteiger charge is -2.14. The molecule has 9 heteroatoms. The molecule has 0 saturated carbocycles. The molecule has 0 radical (unpaired) electrons. The molecule has 9 nitrogen and oxygen atoms in total. The molecule has 92 valence electrons. The van der Waals surface area contributed by atoms with Gasteiger partial charge in [-0.05, 0) is 0 Å². The Balaban J connectivity index is 3.75. The van der Waals surface area contributed by atoms with Crippen molar-refractivity contribution < 1.29 is 14.4 Å². The van der Waals surface area contributed by atoms with Gasteiger partial charge in [0.05, 0.1) is 0 Å². The molecule has 0 saturated heterocycles. The van der Waals surface area contributed by atoms with Gasteiger partial charge in [0.1, 0.15) is 5.78 Å². The van der Waals surface area contributed by atoms with Crippen LogP contribution in [0.3, 0.4) is 0 Å². The zero-order valence-electron chi connectivity index (χ0n) is 8.76. The maximum atomic E-state index is 11.2. The van der Waals surface area contributed by atoms with Gasteiger partial charge in [0.25, 0.3) is 0 Å². The van der Waals surface area contributed by atoms with Gasteiger partial charge < -0.3 is 11.5 Å². The van der Waals surface area contributed by atoms with Crippen molar-refractivity contribution in [1.29, 1.82) is 0 Å². The van der Waals surface area contributed by atoms with Gasteiger partial charge in [0.2, 0.25) is 0 Å². The number of hydrogen-bond acceptors (Lipinski definition) is 5. The first-order valence-electron chi connectivity index (χ1n) is 4.49. The molecular weight excluding hydrogens is 216 g/mol. The van der Waals surface area contributed by atoms with Crippen LogP contribution >= 0.6 is 0 Å². The number of carbonyl (C=O) groups is 3. The van der Waals surface area contributed by atoms with E-state index in [9.17, 15) is 14.4 Å². The number of hydrogen-bond donors (Lipinski definition) is 4. The van der Waals surface area contributed by atoms with Crippen LogP contribution < -0.4 is 23.2 Å². The summed E-state index contributed by atoms with van der Waals surface area (Å²) in [6, 6.07) is -1.63. The second kappa shape index (κ2) is 6.58. The fraction of sp³-hybridized carbons (Fsp3) is 0.571. The van der Waals surface area contributed by atoms with E-state index in [1.54, 1.807) is 0 Å². The second-order valence-electron chi connectivity index (χ2n) is 3.10. The number of amides is 4. The average molecular weight is 232 g/mol. The SMILES string of the molecule is NC(=O)N(N)CCC(=O)CCN(N)C(N)=O. The smallest absolute Gasteiger partial charge is 0.328 e. The molecule has 0 spiro atoms. The van der Waals surface area contributed by atoms with Crippen LogP contribution in [0.15, 0.2) is 0 Å². The topological polar surface area (TPSA) is 162 Å². The van der Waals surface area contributed by atoms with Crippen molar-refractivity contribution in [1.82, 2.24) is 10.0 Å². The number of carbonyl (C=O) groups excluding carboxylic acids is 3. The van der Waals surface area contributed by atoms with Gasteiger partial charge in [0.15, 0.2) is 0 Å². The molecular formula is C7H16N6O3. The molecule has 0 atom stereocenters. The molecule has 0 aromatic carbocycles. The normalized spacial score (nSPS) is 9.62. The first-order valence-corrected chi connectivity index (χ1v) is 4.49. The van der Waals surface area contributed by atoms with Gasteiger partial charge in [-0.3, -0.25) is 14.8 Å². The Morgan fingerprint density at radius 3 is 1.38 bits per heavy atom. The highest BCUT2D eigenvalue weighted by Gasteiger charge is 2.10. The lowest BCUT2D eigenvalue weighted by Crippen LogP contribution is -2.43. The molecule has 0 aliphatic heterocycles. The summed E-state index contributed by atoms with van der Waals surface area (Å²) in [5, 5.41) is 1.46. The number of ketones is 1. The van der Waals surface area contributed by atoms with E-state index in [4.69, 9.17) is 23.2 Å². The third-order valence-electron chi connectivity index (χ3n) is 1.83. The molecule has 0 rings (SSSR count). The van der Waals surface area contributed by atoms with E-state index in [1.807, 2.05) is 0 Å². The third-order valence-corrected chi connectivity index (χ3v) is 1.83. The molecule has 4 amide bonds. The van der Waals surface area contributed by atoms with Crippen molar-refractivity contribution in [3.8, 4) is 0 Å². The van der Waals surface area contributed by atoms with Crippen molar-refractivity contribution in [2.45, 2.75) is 12.8 Å². The Kier molecular flexibility index (Phi) is 5.81. The predicted molar refractivity (Wildman–Crippen MR) is 55.2 cm³/mol. The van der Waals surface area contributed by atoms with Crippen molar-refractivity contribution in [3.63, 3.8) is 0 Å². The fourth-order valence-electron chi connectivity index (χ4n) is 0.836. The van der Waals surface area contributed by atoms with E-state index < -0.39 is 12.1 Å². The van der Waals surface area contributed by atoms with Crippen LogP contribution in [0.1, 0.15) is 12.8 Å². The van der Waals surface area contributed by atoms with Gasteiger partial charge in [-0.1, -0.05) is 0 Å². The zero-order chi connectivity index (χ0) is 12.7.